The van der Waals surface area contributed by atoms with Gasteiger partial charge in [0.15, 0.2) is 0 Å². The maximum absolute atomic E-state index is 13.3. The summed E-state index contributed by atoms with van der Waals surface area (Å²) in [6.45, 7) is -0.513. The van der Waals surface area contributed by atoms with Gasteiger partial charge in [-0.25, -0.2) is 4.79 Å². The van der Waals surface area contributed by atoms with Crippen molar-refractivity contribution in [3.8, 4) is 11.3 Å². The number of aromatic nitrogens is 2. The van der Waals surface area contributed by atoms with Crippen LogP contribution in [0.25, 0.3) is 22.2 Å². The smallest absolute Gasteiger partial charge is 0.324 e. The lowest BCUT2D eigenvalue weighted by atomic mass is 10.1. The van der Waals surface area contributed by atoms with Crippen LogP contribution in [0.4, 0.5) is 18.9 Å². The number of anilines is 1. The van der Waals surface area contributed by atoms with E-state index >= 15 is 0 Å². The summed E-state index contributed by atoms with van der Waals surface area (Å²) < 4.78 is 41.1. The first-order valence-electron chi connectivity index (χ1n) is 9.45. The molecule has 1 heterocycles. The maximum atomic E-state index is 13.3. The maximum Gasteiger partial charge on any atom is 0.418 e. The molecular weight excluding hydrogens is 443 g/mol. The monoisotopic (exact) mass is 457 g/mol. The van der Waals surface area contributed by atoms with Crippen molar-refractivity contribution in [3.05, 3.63) is 93.9 Å². The van der Waals surface area contributed by atoms with Gasteiger partial charge in [-0.1, -0.05) is 60.1 Å². The van der Waals surface area contributed by atoms with Crippen molar-refractivity contribution in [2.24, 2.45) is 0 Å². The molecule has 0 radical (unpaired) electrons. The summed E-state index contributed by atoms with van der Waals surface area (Å²) in [7, 11) is 0. The third kappa shape index (κ3) is 4.36. The van der Waals surface area contributed by atoms with Crippen LogP contribution in [0.15, 0.2) is 77.6 Å². The van der Waals surface area contributed by atoms with Gasteiger partial charge in [-0.05, 0) is 24.3 Å². The number of alkyl halides is 3. The van der Waals surface area contributed by atoms with Crippen LogP contribution in [0.1, 0.15) is 5.56 Å². The number of carbonyl (C=O) groups is 1. The van der Waals surface area contributed by atoms with Gasteiger partial charge in [0, 0.05) is 16.0 Å². The molecule has 9 heteroatoms. The molecule has 0 spiro atoms. The molecule has 1 amide bonds. The molecule has 32 heavy (non-hydrogen) atoms. The lowest BCUT2D eigenvalue weighted by Gasteiger charge is -2.16. The van der Waals surface area contributed by atoms with E-state index in [0.717, 1.165) is 22.3 Å². The van der Waals surface area contributed by atoms with E-state index in [2.05, 4.69) is 10.3 Å². The first-order valence-corrected chi connectivity index (χ1v) is 9.83. The minimum absolute atomic E-state index is 0.113. The summed E-state index contributed by atoms with van der Waals surface area (Å²) in [5.74, 6) is -0.806. The molecule has 0 aliphatic heterocycles. The van der Waals surface area contributed by atoms with Crippen LogP contribution in [-0.4, -0.2) is 15.5 Å². The number of nitrogens with zero attached hydrogens (tertiary/aromatic N) is 2. The molecular formula is C23H15ClF3N3O2. The molecule has 0 saturated carbocycles. The predicted octanol–water partition coefficient (Wildman–Crippen LogP) is 5.37. The van der Waals surface area contributed by atoms with Gasteiger partial charge >= 0.3 is 11.9 Å². The Morgan fingerprint density at radius 1 is 1.00 bits per heavy atom. The highest BCUT2D eigenvalue weighted by Crippen LogP contribution is 2.36. The van der Waals surface area contributed by atoms with E-state index in [9.17, 15) is 22.8 Å². The molecule has 0 atom stereocenters. The molecule has 0 fully saturated rings. The lowest BCUT2D eigenvalue weighted by molar-refractivity contribution is -0.137. The Morgan fingerprint density at radius 2 is 1.69 bits per heavy atom. The summed E-state index contributed by atoms with van der Waals surface area (Å²) in [5, 5.41) is 2.75. The number of amides is 1. The SMILES string of the molecule is O=C(Cn1c(=O)nc(-c2ccccc2)c2ccccc21)Nc1ccc(Cl)cc1C(F)(F)F. The van der Waals surface area contributed by atoms with Crippen LogP contribution in [-0.2, 0) is 17.5 Å². The van der Waals surface area contributed by atoms with E-state index in [-0.39, 0.29) is 5.02 Å². The van der Waals surface area contributed by atoms with E-state index in [1.165, 1.54) is 6.07 Å². The number of hydrogen-bond donors (Lipinski definition) is 1. The third-order valence-corrected chi connectivity index (χ3v) is 5.03. The molecule has 1 aromatic heterocycles. The van der Waals surface area contributed by atoms with Gasteiger partial charge in [-0.15, -0.1) is 0 Å². The minimum Gasteiger partial charge on any atom is -0.324 e. The zero-order chi connectivity index (χ0) is 22.9. The summed E-state index contributed by atoms with van der Waals surface area (Å²) in [6, 6.07) is 19.0. The van der Waals surface area contributed by atoms with Gasteiger partial charge in [0.05, 0.1) is 22.5 Å². The normalized spacial score (nSPS) is 11.5. The van der Waals surface area contributed by atoms with Crippen molar-refractivity contribution >= 4 is 34.1 Å². The van der Waals surface area contributed by atoms with Gasteiger partial charge in [0.2, 0.25) is 5.91 Å². The molecule has 3 aromatic carbocycles. The average molecular weight is 458 g/mol. The van der Waals surface area contributed by atoms with Gasteiger partial charge in [0.1, 0.15) is 6.54 Å². The summed E-state index contributed by atoms with van der Waals surface area (Å²) in [6.07, 6.45) is -4.71. The number of hydrogen-bond acceptors (Lipinski definition) is 3. The zero-order valence-corrected chi connectivity index (χ0v) is 17.1. The highest BCUT2D eigenvalue weighted by molar-refractivity contribution is 6.30. The summed E-state index contributed by atoms with van der Waals surface area (Å²) in [5.41, 5.74) is -0.585. The first-order chi connectivity index (χ1) is 15.2. The average Bonchev–Trinajstić information content (AvgIpc) is 2.76. The van der Waals surface area contributed by atoms with Crippen LogP contribution >= 0.6 is 11.6 Å². The highest BCUT2D eigenvalue weighted by Gasteiger charge is 2.34. The van der Waals surface area contributed by atoms with Gasteiger partial charge in [-0.2, -0.15) is 18.2 Å². The van der Waals surface area contributed by atoms with Crippen molar-refractivity contribution in [2.45, 2.75) is 12.7 Å². The van der Waals surface area contributed by atoms with Crippen LogP contribution in [0.5, 0.6) is 0 Å². The Kier molecular flexibility index (Phi) is 5.71. The standard InChI is InChI=1S/C23H15ClF3N3O2/c24-15-10-11-18(17(12-15)23(25,26)27)28-20(31)13-30-19-9-5-4-8-16(19)21(29-22(30)32)14-6-2-1-3-7-14/h1-12H,13H2,(H,28,31). The van der Waals surface area contributed by atoms with Gasteiger partial charge in [-0.3, -0.25) is 9.36 Å². The molecule has 0 unspecified atom stereocenters. The van der Waals surface area contributed by atoms with E-state index < -0.39 is 35.6 Å². The highest BCUT2D eigenvalue weighted by atomic mass is 35.5. The second-order valence-electron chi connectivity index (χ2n) is 6.95. The quantitative estimate of drug-likeness (QED) is 0.448. The summed E-state index contributed by atoms with van der Waals surface area (Å²) >= 11 is 5.67. The lowest BCUT2D eigenvalue weighted by Crippen LogP contribution is -2.30. The fraction of sp³-hybridized carbons (Fsp3) is 0.0870. The van der Waals surface area contributed by atoms with Gasteiger partial charge < -0.3 is 5.32 Å². The molecule has 162 valence electrons. The predicted molar refractivity (Wildman–Crippen MR) is 117 cm³/mol. The molecule has 0 aliphatic carbocycles. The van der Waals surface area contributed by atoms with Crippen molar-refractivity contribution in [1.82, 2.24) is 9.55 Å². The van der Waals surface area contributed by atoms with Crippen LogP contribution in [0, 0.1) is 0 Å². The van der Waals surface area contributed by atoms with Crippen LogP contribution in [0.2, 0.25) is 5.02 Å². The molecule has 4 aromatic rings. The van der Waals surface area contributed by atoms with Crippen LogP contribution in [0.3, 0.4) is 0 Å². The number of carbonyl (C=O) groups excluding carboxylic acids is 1. The number of fused-ring (bicyclic) bond motifs is 1. The number of para-hydroxylation sites is 1. The molecule has 5 nitrogen and oxygen atoms in total. The van der Waals surface area contributed by atoms with Gasteiger partial charge in [0.25, 0.3) is 0 Å². The molecule has 0 aliphatic rings. The Hall–Kier alpha value is -3.65. The fourth-order valence-electron chi connectivity index (χ4n) is 3.39. The van der Waals surface area contributed by atoms with E-state index in [4.69, 9.17) is 11.6 Å². The molecule has 0 bridgehead atoms. The zero-order valence-electron chi connectivity index (χ0n) is 16.4. The summed E-state index contributed by atoms with van der Waals surface area (Å²) in [4.78, 5) is 29.5. The number of benzene rings is 3. The topological polar surface area (TPSA) is 64.0 Å². The Labute approximate surface area is 185 Å². The van der Waals surface area contributed by atoms with E-state index in [1.807, 2.05) is 30.3 Å². The molecule has 4 rings (SSSR count). The Bertz CT molecular complexity index is 1370. The minimum atomic E-state index is -4.71. The third-order valence-electron chi connectivity index (χ3n) is 4.80. The van der Waals surface area contributed by atoms with Crippen molar-refractivity contribution in [1.29, 1.82) is 0 Å². The molecule has 1 N–H and O–H groups in total. The van der Waals surface area contributed by atoms with Crippen LogP contribution < -0.4 is 11.0 Å². The van der Waals surface area contributed by atoms with Crippen molar-refractivity contribution in [3.63, 3.8) is 0 Å². The second kappa shape index (κ2) is 8.47. The Morgan fingerprint density at radius 3 is 2.41 bits per heavy atom. The Balaban J connectivity index is 1.72. The number of halogens is 4. The van der Waals surface area contributed by atoms with E-state index in [1.54, 1.807) is 24.3 Å². The number of rotatable bonds is 4. The van der Waals surface area contributed by atoms with E-state index in [0.29, 0.717) is 16.6 Å². The largest absolute Gasteiger partial charge is 0.418 e. The van der Waals surface area contributed by atoms with Crippen molar-refractivity contribution in [2.75, 3.05) is 5.32 Å². The first kappa shape index (κ1) is 21.6. The fourth-order valence-corrected chi connectivity index (χ4v) is 3.56. The molecule has 0 saturated heterocycles. The van der Waals surface area contributed by atoms with Crippen molar-refractivity contribution < 1.29 is 18.0 Å². The second-order valence-corrected chi connectivity index (χ2v) is 7.38. The number of nitrogens with one attached hydrogen (secondary N) is 1.